The first-order valence-corrected chi connectivity index (χ1v) is 4.50. The molecule has 0 aromatic rings. The van der Waals surface area contributed by atoms with E-state index in [9.17, 15) is 4.79 Å². The zero-order valence-electron chi connectivity index (χ0n) is 7.31. The SMILES string of the molecule is CC1CNCCC12NCNC2=O. The van der Waals surface area contributed by atoms with Gasteiger partial charge in [0, 0.05) is 0 Å². The third kappa shape index (κ3) is 0.949. The average molecular weight is 169 g/mol. The third-order valence-electron chi connectivity index (χ3n) is 3.05. The highest BCUT2D eigenvalue weighted by Gasteiger charge is 2.47. The molecule has 2 heterocycles. The maximum absolute atomic E-state index is 11.6. The van der Waals surface area contributed by atoms with Gasteiger partial charge in [0.1, 0.15) is 5.54 Å². The first kappa shape index (κ1) is 8.01. The number of nitrogens with one attached hydrogen (secondary N) is 3. The predicted molar refractivity (Wildman–Crippen MR) is 45.5 cm³/mol. The smallest absolute Gasteiger partial charge is 0.241 e. The summed E-state index contributed by atoms with van der Waals surface area (Å²) >= 11 is 0. The van der Waals surface area contributed by atoms with Crippen LogP contribution in [0.4, 0.5) is 0 Å². The van der Waals surface area contributed by atoms with Crippen LogP contribution in [0.25, 0.3) is 0 Å². The molecule has 0 bridgehead atoms. The van der Waals surface area contributed by atoms with Gasteiger partial charge in [-0.05, 0) is 25.4 Å². The summed E-state index contributed by atoms with van der Waals surface area (Å²) in [6.45, 7) is 4.61. The molecule has 2 unspecified atom stereocenters. The average Bonchev–Trinajstić information content (AvgIpc) is 2.41. The second-order valence-electron chi connectivity index (χ2n) is 3.69. The fourth-order valence-electron chi connectivity index (χ4n) is 2.14. The van der Waals surface area contributed by atoms with E-state index in [-0.39, 0.29) is 11.4 Å². The van der Waals surface area contributed by atoms with Crippen molar-refractivity contribution < 1.29 is 4.79 Å². The summed E-state index contributed by atoms with van der Waals surface area (Å²) in [6, 6.07) is 0. The summed E-state index contributed by atoms with van der Waals surface area (Å²) in [5.41, 5.74) is -0.273. The molecule has 2 fully saturated rings. The van der Waals surface area contributed by atoms with Crippen molar-refractivity contribution in [1.82, 2.24) is 16.0 Å². The highest BCUT2D eigenvalue weighted by atomic mass is 16.2. The van der Waals surface area contributed by atoms with Crippen LogP contribution in [-0.4, -0.2) is 31.2 Å². The van der Waals surface area contributed by atoms with Crippen LogP contribution < -0.4 is 16.0 Å². The van der Waals surface area contributed by atoms with E-state index in [4.69, 9.17) is 0 Å². The lowest BCUT2D eigenvalue weighted by Gasteiger charge is -2.37. The fourth-order valence-corrected chi connectivity index (χ4v) is 2.14. The number of carbonyl (C=O) groups is 1. The van der Waals surface area contributed by atoms with Crippen molar-refractivity contribution in [3.05, 3.63) is 0 Å². The Kier molecular flexibility index (Phi) is 1.81. The predicted octanol–water partition coefficient (Wildman–Crippen LogP) is -0.968. The number of rotatable bonds is 0. The van der Waals surface area contributed by atoms with Crippen LogP contribution in [0.1, 0.15) is 13.3 Å². The molecule has 2 atom stereocenters. The van der Waals surface area contributed by atoms with Crippen molar-refractivity contribution >= 4 is 5.91 Å². The Labute approximate surface area is 72.1 Å². The van der Waals surface area contributed by atoms with Crippen molar-refractivity contribution in [1.29, 1.82) is 0 Å². The molecule has 2 rings (SSSR count). The Morgan fingerprint density at radius 3 is 3.00 bits per heavy atom. The van der Waals surface area contributed by atoms with Gasteiger partial charge in [-0.25, -0.2) is 0 Å². The lowest BCUT2D eigenvalue weighted by atomic mass is 9.80. The van der Waals surface area contributed by atoms with E-state index in [0.29, 0.717) is 12.6 Å². The second-order valence-corrected chi connectivity index (χ2v) is 3.69. The molecule has 2 aliphatic rings. The lowest BCUT2D eigenvalue weighted by Crippen LogP contribution is -2.59. The van der Waals surface area contributed by atoms with Crippen LogP contribution in [0.3, 0.4) is 0 Å². The molecule has 3 N–H and O–H groups in total. The summed E-state index contributed by atoms with van der Waals surface area (Å²) < 4.78 is 0. The standard InChI is InChI=1S/C8H15N3O/c1-6-4-9-3-2-8(6)7(12)10-5-11-8/h6,9,11H,2-5H2,1H3,(H,10,12). The van der Waals surface area contributed by atoms with Crippen LogP contribution in [0.5, 0.6) is 0 Å². The summed E-state index contributed by atoms with van der Waals surface area (Å²) in [6.07, 6.45) is 0.903. The first-order chi connectivity index (χ1) is 5.76. The van der Waals surface area contributed by atoms with E-state index in [2.05, 4.69) is 22.9 Å². The van der Waals surface area contributed by atoms with E-state index in [0.717, 1.165) is 19.5 Å². The Bertz CT molecular complexity index is 206. The van der Waals surface area contributed by atoms with Crippen LogP contribution in [0.15, 0.2) is 0 Å². The number of hydrogen-bond acceptors (Lipinski definition) is 3. The molecule has 2 saturated heterocycles. The molecule has 1 spiro atoms. The highest BCUT2D eigenvalue weighted by molar-refractivity contribution is 5.88. The molecule has 0 aromatic carbocycles. The van der Waals surface area contributed by atoms with Gasteiger partial charge in [-0.15, -0.1) is 0 Å². The van der Waals surface area contributed by atoms with Crippen LogP contribution >= 0.6 is 0 Å². The van der Waals surface area contributed by atoms with Crippen molar-refractivity contribution in [3.63, 3.8) is 0 Å². The number of hydrogen-bond donors (Lipinski definition) is 3. The number of piperidine rings is 1. The summed E-state index contributed by atoms with van der Waals surface area (Å²) in [7, 11) is 0. The van der Waals surface area contributed by atoms with Crippen molar-refractivity contribution in [3.8, 4) is 0 Å². The summed E-state index contributed by atoms with van der Waals surface area (Å²) in [4.78, 5) is 11.6. The quantitative estimate of drug-likeness (QED) is 0.437. The van der Waals surface area contributed by atoms with Crippen molar-refractivity contribution in [2.45, 2.75) is 18.9 Å². The van der Waals surface area contributed by atoms with Gasteiger partial charge in [-0.2, -0.15) is 0 Å². The Morgan fingerprint density at radius 1 is 1.58 bits per heavy atom. The normalized spacial score (nSPS) is 41.8. The molecular weight excluding hydrogens is 154 g/mol. The summed E-state index contributed by atoms with van der Waals surface area (Å²) in [5.74, 6) is 0.560. The van der Waals surface area contributed by atoms with E-state index in [1.54, 1.807) is 0 Å². The zero-order valence-corrected chi connectivity index (χ0v) is 7.31. The third-order valence-corrected chi connectivity index (χ3v) is 3.05. The lowest BCUT2D eigenvalue weighted by molar-refractivity contribution is -0.126. The van der Waals surface area contributed by atoms with E-state index < -0.39 is 0 Å². The molecule has 0 aromatic heterocycles. The van der Waals surface area contributed by atoms with Gasteiger partial charge in [-0.1, -0.05) is 6.92 Å². The minimum absolute atomic E-state index is 0.177. The van der Waals surface area contributed by atoms with Crippen LogP contribution in [0.2, 0.25) is 0 Å². The van der Waals surface area contributed by atoms with E-state index in [1.165, 1.54) is 0 Å². The van der Waals surface area contributed by atoms with Gasteiger partial charge in [0.25, 0.3) is 0 Å². The molecule has 2 aliphatic heterocycles. The molecule has 12 heavy (non-hydrogen) atoms. The van der Waals surface area contributed by atoms with Crippen LogP contribution in [0, 0.1) is 5.92 Å². The van der Waals surface area contributed by atoms with Crippen molar-refractivity contribution in [2.75, 3.05) is 19.8 Å². The van der Waals surface area contributed by atoms with Gasteiger partial charge < -0.3 is 10.6 Å². The summed E-state index contributed by atoms with van der Waals surface area (Å²) in [5, 5.41) is 9.39. The van der Waals surface area contributed by atoms with Gasteiger partial charge in [-0.3, -0.25) is 10.1 Å². The van der Waals surface area contributed by atoms with Crippen LogP contribution in [-0.2, 0) is 4.79 Å². The number of carbonyl (C=O) groups excluding carboxylic acids is 1. The Morgan fingerprint density at radius 2 is 2.42 bits per heavy atom. The molecule has 0 saturated carbocycles. The Hall–Kier alpha value is -0.610. The molecule has 4 heteroatoms. The molecule has 0 aliphatic carbocycles. The highest BCUT2D eigenvalue weighted by Crippen LogP contribution is 2.26. The minimum atomic E-state index is -0.273. The molecule has 4 nitrogen and oxygen atoms in total. The fraction of sp³-hybridized carbons (Fsp3) is 0.875. The molecule has 0 radical (unpaired) electrons. The molecule has 68 valence electrons. The monoisotopic (exact) mass is 169 g/mol. The van der Waals surface area contributed by atoms with Gasteiger partial charge in [0.05, 0.1) is 6.67 Å². The largest absolute Gasteiger partial charge is 0.342 e. The van der Waals surface area contributed by atoms with Crippen molar-refractivity contribution in [2.24, 2.45) is 5.92 Å². The van der Waals surface area contributed by atoms with Gasteiger partial charge >= 0.3 is 0 Å². The minimum Gasteiger partial charge on any atom is -0.342 e. The van der Waals surface area contributed by atoms with Gasteiger partial charge in [0.2, 0.25) is 5.91 Å². The van der Waals surface area contributed by atoms with Gasteiger partial charge in [0.15, 0.2) is 0 Å². The maximum atomic E-state index is 11.6. The number of amides is 1. The van der Waals surface area contributed by atoms with E-state index >= 15 is 0 Å². The topological polar surface area (TPSA) is 53.2 Å². The van der Waals surface area contributed by atoms with E-state index in [1.807, 2.05) is 0 Å². The second kappa shape index (κ2) is 2.71. The molecular formula is C8H15N3O. The molecule has 1 amide bonds. The maximum Gasteiger partial charge on any atom is 0.241 e. The first-order valence-electron chi connectivity index (χ1n) is 4.50. The zero-order chi connectivity index (χ0) is 8.60. The Balaban J connectivity index is 2.21.